The summed E-state index contributed by atoms with van der Waals surface area (Å²) in [5.74, 6) is 0.886. The molecule has 0 aliphatic carbocycles. The van der Waals surface area contributed by atoms with E-state index in [2.05, 4.69) is 33.0 Å². The molecule has 0 amide bonds. The first-order valence-electron chi connectivity index (χ1n) is 6.90. The lowest BCUT2D eigenvalue weighted by molar-refractivity contribution is 0.489. The molecule has 0 heterocycles. The van der Waals surface area contributed by atoms with Gasteiger partial charge in [0.25, 0.3) is 0 Å². The smallest absolute Gasteiger partial charge is 0.00360 e. The lowest BCUT2D eigenvalue weighted by Crippen LogP contribution is -2.25. The minimum Gasteiger partial charge on any atom is -0.314 e. The molecule has 0 aliphatic rings. The lowest BCUT2D eigenvalue weighted by Gasteiger charge is -2.10. The van der Waals surface area contributed by atoms with E-state index in [1.165, 1.54) is 51.5 Å². The molecule has 1 N–H and O–H groups in total. The number of rotatable bonds is 10. The highest BCUT2D eigenvalue weighted by Crippen LogP contribution is 2.10. The Morgan fingerprint density at radius 1 is 0.867 bits per heavy atom. The number of hydrogen-bond donors (Lipinski definition) is 1. The first-order chi connectivity index (χ1) is 7.16. The van der Waals surface area contributed by atoms with E-state index in [1.807, 2.05) is 0 Å². The van der Waals surface area contributed by atoms with Crippen LogP contribution in [0, 0.1) is 5.92 Å². The van der Waals surface area contributed by atoms with Gasteiger partial charge in [0, 0.05) is 6.04 Å². The van der Waals surface area contributed by atoms with Gasteiger partial charge in [-0.05, 0) is 32.2 Å². The van der Waals surface area contributed by atoms with E-state index in [-0.39, 0.29) is 0 Å². The average molecular weight is 213 g/mol. The zero-order valence-corrected chi connectivity index (χ0v) is 11.3. The molecule has 92 valence electrons. The summed E-state index contributed by atoms with van der Waals surface area (Å²) in [6, 6.07) is 0.700. The lowest BCUT2D eigenvalue weighted by atomic mass is 10.0. The van der Waals surface area contributed by atoms with Crippen LogP contribution >= 0.6 is 0 Å². The quantitative estimate of drug-likeness (QED) is 0.531. The van der Waals surface area contributed by atoms with E-state index in [4.69, 9.17) is 0 Å². The molecular weight excluding hydrogens is 182 g/mol. The summed E-state index contributed by atoms with van der Waals surface area (Å²) in [5.41, 5.74) is 0. The number of hydrogen-bond acceptors (Lipinski definition) is 1. The van der Waals surface area contributed by atoms with Gasteiger partial charge >= 0.3 is 0 Å². The van der Waals surface area contributed by atoms with Crippen LogP contribution in [-0.4, -0.2) is 12.6 Å². The SMILES string of the molecule is CCC(C)NCCCCCCCC(C)C. The molecule has 0 aromatic rings. The maximum atomic E-state index is 3.54. The molecule has 0 saturated heterocycles. The second-order valence-electron chi connectivity index (χ2n) is 5.21. The molecule has 0 bridgehead atoms. The number of nitrogens with one attached hydrogen (secondary N) is 1. The molecule has 0 radical (unpaired) electrons. The van der Waals surface area contributed by atoms with Crippen molar-refractivity contribution in [3.05, 3.63) is 0 Å². The number of unbranched alkanes of at least 4 members (excludes halogenated alkanes) is 4. The van der Waals surface area contributed by atoms with E-state index in [0.29, 0.717) is 6.04 Å². The van der Waals surface area contributed by atoms with E-state index < -0.39 is 0 Å². The molecule has 1 nitrogen and oxygen atoms in total. The molecular formula is C14H31N. The highest BCUT2D eigenvalue weighted by Gasteiger charge is 1.97. The Morgan fingerprint density at radius 3 is 2.07 bits per heavy atom. The van der Waals surface area contributed by atoms with Crippen molar-refractivity contribution in [1.29, 1.82) is 0 Å². The van der Waals surface area contributed by atoms with Crippen LogP contribution in [-0.2, 0) is 0 Å². The van der Waals surface area contributed by atoms with Gasteiger partial charge in [0.2, 0.25) is 0 Å². The van der Waals surface area contributed by atoms with Crippen molar-refractivity contribution in [2.24, 2.45) is 5.92 Å². The Bertz CT molecular complexity index is 121. The molecule has 1 heteroatoms. The van der Waals surface area contributed by atoms with Crippen molar-refractivity contribution in [2.75, 3.05) is 6.54 Å². The van der Waals surface area contributed by atoms with Crippen LogP contribution in [0.5, 0.6) is 0 Å². The molecule has 0 saturated carbocycles. The summed E-state index contributed by atoms with van der Waals surface area (Å²) < 4.78 is 0. The Labute approximate surface area is 97.0 Å². The molecule has 1 atom stereocenters. The Morgan fingerprint density at radius 2 is 1.47 bits per heavy atom. The monoisotopic (exact) mass is 213 g/mol. The van der Waals surface area contributed by atoms with Crippen molar-refractivity contribution in [3.8, 4) is 0 Å². The summed E-state index contributed by atoms with van der Waals surface area (Å²) in [4.78, 5) is 0. The van der Waals surface area contributed by atoms with Crippen LogP contribution in [0.1, 0.15) is 72.6 Å². The van der Waals surface area contributed by atoms with Gasteiger partial charge in [-0.1, -0.05) is 52.9 Å². The van der Waals surface area contributed by atoms with Gasteiger partial charge in [-0.15, -0.1) is 0 Å². The first kappa shape index (κ1) is 15.0. The third-order valence-corrected chi connectivity index (χ3v) is 3.06. The standard InChI is InChI=1S/C14H31N/c1-5-14(4)15-12-10-8-6-7-9-11-13(2)3/h13-15H,5-12H2,1-4H3. The fourth-order valence-electron chi connectivity index (χ4n) is 1.70. The van der Waals surface area contributed by atoms with Crippen molar-refractivity contribution in [2.45, 2.75) is 78.7 Å². The fraction of sp³-hybridized carbons (Fsp3) is 1.00. The third kappa shape index (κ3) is 11.9. The molecule has 15 heavy (non-hydrogen) atoms. The molecule has 0 fully saturated rings. The molecule has 0 aromatic carbocycles. The third-order valence-electron chi connectivity index (χ3n) is 3.06. The fourth-order valence-corrected chi connectivity index (χ4v) is 1.70. The average Bonchev–Trinajstić information content (AvgIpc) is 2.21. The minimum atomic E-state index is 0.700. The van der Waals surface area contributed by atoms with Gasteiger partial charge in [0.05, 0.1) is 0 Å². The maximum absolute atomic E-state index is 3.54. The Balaban J connectivity index is 2.99. The van der Waals surface area contributed by atoms with Gasteiger partial charge in [-0.25, -0.2) is 0 Å². The second kappa shape index (κ2) is 10.5. The highest BCUT2D eigenvalue weighted by molar-refractivity contribution is 4.57. The van der Waals surface area contributed by atoms with Crippen LogP contribution in [0.2, 0.25) is 0 Å². The zero-order valence-electron chi connectivity index (χ0n) is 11.3. The molecule has 0 aliphatic heterocycles. The summed E-state index contributed by atoms with van der Waals surface area (Å²) in [5, 5.41) is 3.54. The molecule has 0 aromatic heterocycles. The summed E-state index contributed by atoms with van der Waals surface area (Å²) in [6.45, 7) is 10.3. The second-order valence-corrected chi connectivity index (χ2v) is 5.21. The predicted octanol–water partition coefficient (Wildman–Crippen LogP) is 4.37. The Kier molecular flexibility index (Phi) is 10.4. The van der Waals surface area contributed by atoms with Crippen LogP contribution in [0.15, 0.2) is 0 Å². The van der Waals surface area contributed by atoms with Gasteiger partial charge in [-0.3, -0.25) is 0 Å². The first-order valence-corrected chi connectivity index (χ1v) is 6.90. The zero-order chi connectivity index (χ0) is 11.5. The maximum Gasteiger partial charge on any atom is 0.00360 e. The van der Waals surface area contributed by atoms with E-state index in [1.54, 1.807) is 0 Å². The van der Waals surface area contributed by atoms with Crippen LogP contribution in [0.4, 0.5) is 0 Å². The van der Waals surface area contributed by atoms with E-state index >= 15 is 0 Å². The summed E-state index contributed by atoms with van der Waals surface area (Å²) in [7, 11) is 0. The van der Waals surface area contributed by atoms with Crippen molar-refractivity contribution >= 4 is 0 Å². The normalized spacial score (nSPS) is 13.4. The van der Waals surface area contributed by atoms with Crippen molar-refractivity contribution in [3.63, 3.8) is 0 Å². The predicted molar refractivity (Wildman–Crippen MR) is 70.3 cm³/mol. The van der Waals surface area contributed by atoms with Crippen LogP contribution in [0.3, 0.4) is 0 Å². The largest absolute Gasteiger partial charge is 0.314 e. The summed E-state index contributed by atoms with van der Waals surface area (Å²) in [6.07, 6.45) is 9.69. The summed E-state index contributed by atoms with van der Waals surface area (Å²) >= 11 is 0. The molecule has 0 rings (SSSR count). The van der Waals surface area contributed by atoms with Gasteiger partial charge < -0.3 is 5.32 Å². The topological polar surface area (TPSA) is 12.0 Å². The van der Waals surface area contributed by atoms with Crippen LogP contribution in [0.25, 0.3) is 0 Å². The van der Waals surface area contributed by atoms with Gasteiger partial charge in [0.1, 0.15) is 0 Å². The van der Waals surface area contributed by atoms with Crippen LogP contribution < -0.4 is 5.32 Å². The van der Waals surface area contributed by atoms with Gasteiger partial charge in [-0.2, -0.15) is 0 Å². The minimum absolute atomic E-state index is 0.700. The van der Waals surface area contributed by atoms with Crippen molar-refractivity contribution < 1.29 is 0 Å². The van der Waals surface area contributed by atoms with E-state index in [0.717, 1.165) is 5.92 Å². The molecule has 0 spiro atoms. The van der Waals surface area contributed by atoms with E-state index in [9.17, 15) is 0 Å². The highest BCUT2D eigenvalue weighted by atomic mass is 14.9. The van der Waals surface area contributed by atoms with Gasteiger partial charge in [0.15, 0.2) is 0 Å². The Hall–Kier alpha value is -0.0400. The van der Waals surface area contributed by atoms with Crippen molar-refractivity contribution in [1.82, 2.24) is 5.32 Å². The molecule has 1 unspecified atom stereocenters.